The van der Waals surface area contributed by atoms with Crippen LogP contribution in [-0.4, -0.2) is 50.8 Å². The van der Waals surface area contributed by atoms with Gasteiger partial charge in [0.15, 0.2) is 0 Å². The summed E-state index contributed by atoms with van der Waals surface area (Å²) in [5.41, 5.74) is 5.80. The number of hydrogen-bond acceptors (Lipinski definition) is 5. The highest BCUT2D eigenvalue weighted by molar-refractivity contribution is 5.95. The van der Waals surface area contributed by atoms with E-state index in [4.69, 9.17) is 18.7 Å². The molecule has 2 amide bonds. The van der Waals surface area contributed by atoms with Crippen molar-refractivity contribution in [3.8, 4) is 0 Å². The van der Waals surface area contributed by atoms with Crippen molar-refractivity contribution in [2.24, 2.45) is 5.73 Å². The summed E-state index contributed by atoms with van der Waals surface area (Å²) in [5, 5.41) is 0. The van der Waals surface area contributed by atoms with Crippen LogP contribution in [0.4, 0.5) is 16.2 Å². The Morgan fingerprint density at radius 2 is 1.90 bits per heavy atom. The molecule has 1 atom stereocenters. The zero-order valence-electron chi connectivity index (χ0n) is 16.9. The Morgan fingerprint density at radius 3 is 2.52 bits per heavy atom. The third kappa shape index (κ3) is 2.70. The third-order valence-corrected chi connectivity index (χ3v) is 3.11. The fourth-order valence-corrected chi connectivity index (χ4v) is 2.05. The Kier molecular flexibility index (Phi) is 2.27. The van der Waals surface area contributed by atoms with Crippen LogP contribution in [0.2, 0.25) is 0 Å². The zero-order chi connectivity index (χ0) is 20.2. The standard InChI is InChI=1S/C14H17N3O4/c15-7-12-8-17(14(19)21-12)11-3-1-10(2-4-11)16-5-6-20-9-13(16)18/h1-4,12H,5-9,15H2/t12-/m0/s1/i5D2,6D2,9D2. The highest BCUT2D eigenvalue weighted by Crippen LogP contribution is 2.25. The first-order chi connectivity index (χ1) is 12.4. The summed E-state index contributed by atoms with van der Waals surface area (Å²) in [6.45, 7) is -8.70. The van der Waals surface area contributed by atoms with E-state index in [-0.39, 0.29) is 18.8 Å². The van der Waals surface area contributed by atoms with E-state index in [1.54, 1.807) is 0 Å². The van der Waals surface area contributed by atoms with Gasteiger partial charge in [0.2, 0.25) is 0 Å². The van der Waals surface area contributed by atoms with Crippen LogP contribution in [0, 0.1) is 0 Å². The molecule has 7 heteroatoms. The summed E-state index contributed by atoms with van der Waals surface area (Å²) in [5.74, 6) is -1.38. The molecule has 0 radical (unpaired) electrons. The van der Waals surface area contributed by atoms with Crippen molar-refractivity contribution in [1.82, 2.24) is 0 Å². The molecule has 2 aliphatic heterocycles. The van der Waals surface area contributed by atoms with Crippen molar-refractivity contribution >= 4 is 23.4 Å². The molecule has 2 heterocycles. The lowest BCUT2D eigenvalue weighted by Gasteiger charge is -2.27. The van der Waals surface area contributed by atoms with Crippen LogP contribution in [0.5, 0.6) is 0 Å². The summed E-state index contributed by atoms with van der Waals surface area (Å²) < 4.78 is 55.8. The van der Waals surface area contributed by atoms with Gasteiger partial charge in [-0.25, -0.2) is 4.79 Å². The van der Waals surface area contributed by atoms with Crippen LogP contribution in [0.15, 0.2) is 24.3 Å². The van der Waals surface area contributed by atoms with E-state index in [1.165, 1.54) is 29.2 Å². The molecule has 0 aromatic heterocycles. The van der Waals surface area contributed by atoms with E-state index in [2.05, 4.69) is 4.74 Å². The van der Waals surface area contributed by atoms with E-state index in [9.17, 15) is 9.59 Å². The smallest absolute Gasteiger partial charge is 0.414 e. The quantitative estimate of drug-likeness (QED) is 0.869. The van der Waals surface area contributed by atoms with Gasteiger partial charge in [-0.3, -0.25) is 9.69 Å². The average Bonchev–Trinajstić information content (AvgIpc) is 2.94. The van der Waals surface area contributed by atoms with Gasteiger partial charge in [0.1, 0.15) is 12.7 Å². The van der Waals surface area contributed by atoms with Crippen LogP contribution in [0.1, 0.15) is 8.22 Å². The van der Waals surface area contributed by atoms with Crippen molar-refractivity contribution in [2.45, 2.75) is 6.10 Å². The van der Waals surface area contributed by atoms with Crippen molar-refractivity contribution in [3.63, 3.8) is 0 Å². The number of amides is 2. The maximum Gasteiger partial charge on any atom is 0.414 e. The van der Waals surface area contributed by atoms with Crippen molar-refractivity contribution in [2.75, 3.05) is 42.5 Å². The molecule has 0 aliphatic carbocycles. The number of carbonyl (C=O) groups excluding carboxylic acids is 2. The van der Waals surface area contributed by atoms with Crippen molar-refractivity contribution < 1.29 is 27.3 Å². The number of rotatable bonds is 3. The number of nitrogens with zero attached hydrogens (tertiary/aromatic N) is 2. The predicted molar refractivity (Wildman–Crippen MR) is 76.3 cm³/mol. The lowest BCUT2D eigenvalue weighted by Crippen LogP contribution is -2.41. The minimum atomic E-state index is -3.09. The van der Waals surface area contributed by atoms with Gasteiger partial charge in [-0.05, 0) is 24.3 Å². The number of anilines is 2. The average molecular weight is 297 g/mol. The molecule has 7 nitrogen and oxygen atoms in total. The lowest BCUT2D eigenvalue weighted by molar-refractivity contribution is -0.125. The molecule has 112 valence electrons. The monoisotopic (exact) mass is 297 g/mol. The topological polar surface area (TPSA) is 85.1 Å². The predicted octanol–water partition coefficient (Wildman–Crippen LogP) is 0.334. The van der Waals surface area contributed by atoms with Crippen molar-refractivity contribution in [1.29, 1.82) is 0 Å². The minimum Gasteiger partial charge on any atom is -0.443 e. The van der Waals surface area contributed by atoms with Crippen LogP contribution < -0.4 is 15.5 Å². The summed E-state index contributed by atoms with van der Waals surface area (Å²) in [6, 6.07) is 5.40. The summed E-state index contributed by atoms with van der Waals surface area (Å²) in [6.07, 6.45) is -1.05. The second-order valence-corrected chi connectivity index (χ2v) is 4.43. The van der Waals surface area contributed by atoms with Gasteiger partial charge in [-0.1, -0.05) is 0 Å². The highest BCUT2D eigenvalue weighted by Gasteiger charge is 2.31. The van der Waals surface area contributed by atoms with E-state index in [1.807, 2.05) is 0 Å². The van der Waals surface area contributed by atoms with Crippen LogP contribution in [-0.2, 0) is 14.3 Å². The van der Waals surface area contributed by atoms with Gasteiger partial charge in [-0.2, -0.15) is 0 Å². The SMILES string of the molecule is [2H]C1([2H])OC([2H])([2H])C([2H])([2H])N(c2ccc(N3C[C@H](CN)OC3=O)cc2)C1=O. The molecule has 2 aliphatic rings. The van der Waals surface area contributed by atoms with Gasteiger partial charge in [0.25, 0.3) is 5.91 Å². The first-order valence-electron chi connectivity index (χ1n) is 9.24. The maximum atomic E-state index is 12.3. The van der Waals surface area contributed by atoms with Crippen LogP contribution in [0.3, 0.4) is 0 Å². The maximum absolute atomic E-state index is 12.3. The Bertz CT molecular complexity index is 773. The Labute approximate surface area is 130 Å². The van der Waals surface area contributed by atoms with Gasteiger partial charge in [0, 0.05) is 24.4 Å². The number of hydrogen-bond donors (Lipinski definition) is 1. The molecule has 0 spiro atoms. The largest absolute Gasteiger partial charge is 0.443 e. The molecule has 0 bridgehead atoms. The normalized spacial score (nSPS) is 34.0. The second kappa shape index (κ2) is 5.71. The molecule has 0 unspecified atom stereocenters. The highest BCUT2D eigenvalue weighted by atomic mass is 16.6. The van der Waals surface area contributed by atoms with E-state index < -0.39 is 37.7 Å². The minimum absolute atomic E-state index is 0.0901. The zero-order valence-corrected chi connectivity index (χ0v) is 10.9. The summed E-state index contributed by atoms with van der Waals surface area (Å²) >= 11 is 0. The Balaban J connectivity index is 1.94. The van der Waals surface area contributed by atoms with Crippen molar-refractivity contribution in [3.05, 3.63) is 24.3 Å². The van der Waals surface area contributed by atoms with Crippen LogP contribution >= 0.6 is 0 Å². The summed E-state index contributed by atoms with van der Waals surface area (Å²) in [7, 11) is 0. The molecule has 0 saturated carbocycles. The fraction of sp³-hybridized carbons (Fsp3) is 0.429. The molecule has 2 saturated heterocycles. The number of cyclic esters (lactones) is 1. The molecular formula is C14H17N3O4. The first kappa shape index (κ1) is 8.35. The number of morpholine rings is 1. The molecule has 3 rings (SSSR count). The second-order valence-electron chi connectivity index (χ2n) is 4.43. The summed E-state index contributed by atoms with van der Waals surface area (Å²) in [4.78, 5) is 25.9. The Hall–Kier alpha value is -2.12. The molecule has 1 aromatic rings. The van der Waals surface area contributed by atoms with Gasteiger partial charge < -0.3 is 20.1 Å². The van der Waals surface area contributed by atoms with Gasteiger partial charge in [0.05, 0.1) is 21.3 Å². The van der Waals surface area contributed by atoms with Crippen LogP contribution in [0.25, 0.3) is 0 Å². The number of nitrogens with two attached hydrogens (primary N) is 1. The Morgan fingerprint density at radius 1 is 1.24 bits per heavy atom. The van der Waals surface area contributed by atoms with Gasteiger partial charge in [-0.15, -0.1) is 0 Å². The molecular weight excluding hydrogens is 274 g/mol. The van der Waals surface area contributed by atoms with Gasteiger partial charge >= 0.3 is 6.09 Å². The number of ether oxygens (including phenoxy) is 2. The molecule has 21 heavy (non-hydrogen) atoms. The third-order valence-electron chi connectivity index (χ3n) is 3.11. The lowest BCUT2D eigenvalue weighted by atomic mass is 10.2. The molecule has 2 N–H and O–H groups in total. The molecule has 1 aromatic carbocycles. The molecule has 2 fully saturated rings. The number of carbonyl (C=O) groups is 2. The van der Waals surface area contributed by atoms with E-state index >= 15 is 0 Å². The van der Waals surface area contributed by atoms with E-state index in [0.717, 1.165) is 0 Å². The first-order valence-corrected chi connectivity index (χ1v) is 6.24. The fourth-order valence-electron chi connectivity index (χ4n) is 2.05. The van der Waals surface area contributed by atoms with E-state index in [0.29, 0.717) is 10.6 Å². The number of benzene rings is 1.